The van der Waals surface area contributed by atoms with Crippen molar-refractivity contribution in [2.24, 2.45) is 5.92 Å². The standard InChI is InChI=1S/C23H30N2O3S/c1-16-8-11-21(12-9-16)29(27,28)25-13-5-6-20(15-25)23(26)24-19(4)22-14-17(2)7-10-18(22)3/h7-12,14,19-20H,5-6,13,15H2,1-4H3,(H,24,26)/t19-,20+/m1/s1. The van der Waals surface area contributed by atoms with Crippen LogP contribution in [0.4, 0.5) is 0 Å². The van der Waals surface area contributed by atoms with Crippen LogP contribution in [-0.4, -0.2) is 31.7 Å². The largest absolute Gasteiger partial charge is 0.349 e. The Morgan fingerprint density at radius 3 is 2.41 bits per heavy atom. The minimum absolute atomic E-state index is 0.0813. The quantitative estimate of drug-likeness (QED) is 0.807. The molecule has 2 aromatic carbocycles. The van der Waals surface area contributed by atoms with Crippen molar-refractivity contribution < 1.29 is 13.2 Å². The third-order valence-electron chi connectivity index (χ3n) is 5.67. The summed E-state index contributed by atoms with van der Waals surface area (Å²) in [5.41, 5.74) is 4.40. The highest BCUT2D eigenvalue weighted by atomic mass is 32.2. The van der Waals surface area contributed by atoms with Crippen molar-refractivity contribution in [2.45, 2.75) is 51.5 Å². The van der Waals surface area contributed by atoms with Gasteiger partial charge in [-0.25, -0.2) is 8.42 Å². The van der Waals surface area contributed by atoms with Gasteiger partial charge in [-0.05, 0) is 63.8 Å². The molecule has 5 nitrogen and oxygen atoms in total. The van der Waals surface area contributed by atoms with Crippen molar-refractivity contribution in [3.8, 4) is 0 Å². The maximum Gasteiger partial charge on any atom is 0.243 e. The molecule has 3 rings (SSSR count). The van der Waals surface area contributed by atoms with Crippen LogP contribution in [0.5, 0.6) is 0 Å². The van der Waals surface area contributed by atoms with Gasteiger partial charge in [0, 0.05) is 13.1 Å². The lowest BCUT2D eigenvalue weighted by Gasteiger charge is -2.32. The van der Waals surface area contributed by atoms with Crippen molar-refractivity contribution in [3.63, 3.8) is 0 Å². The molecule has 1 aliphatic heterocycles. The van der Waals surface area contributed by atoms with Gasteiger partial charge in [-0.3, -0.25) is 4.79 Å². The first-order valence-corrected chi connectivity index (χ1v) is 11.6. The molecule has 2 atom stereocenters. The number of aryl methyl sites for hydroxylation is 3. The molecule has 29 heavy (non-hydrogen) atoms. The third-order valence-corrected chi connectivity index (χ3v) is 7.55. The van der Waals surface area contributed by atoms with Crippen LogP contribution in [0.25, 0.3) is 0 Å². The topological polar surface area (TPSA) is 66.5 Å². The Balaban J connectivity index is 1.70. The molecule has 0 aliphatic carbocycles. The number of nitrogens with one attached hydrogen (secondary N) is 1. The second kappa shape index (κ2) is 8.67. The molecule has 2 aromatic rings. The minimum atomic E-state index is -3.58. The molecule has 6 heteroatoms. The summed E-state index contributed by atoms with van der Waals surface area (Å²) in [4.78, 5) is 13.2. The molecule has 0 aromatic heterocycles. The zero-order chi connectivity index (χ0) is 21.2. The Morgan fingerprint density at radius 1 is 1.07 bits per heavy atom. The van der Waals surface area contributed by atoms with Gasteiger partial charge < -0.3 is 5.32 Å². The number of rotatable bonds is 5. The molecule has 1 aliphatic rings. The van der Waals surface area contributed by atoms with Crippen LogP contribution in [0.3, 0.4) is 0 Å². The Kier molecular flexibility index (Phi) is 6.44. The van der Waals surface area contributed by atoms with E-state index in [2.05, 4.69) is 23.5 Å². The lowest BCUT2D eigenvalue weighted by molar-refractivity contribution is -0.126. The van der Waals surface area contributed by atoms with E-state index in [0.29, 0.717) is 19.4 Å². The van der Waals surface area contributed by atoms with Gasteiger partial charge in [0.1, 0.15) is 0 Å². The zero-order valence-electron chi connectivity index (χ0n) is 17.6. The van der Waals surface area contributed by atoms with E-state index in [1.165, 1.54) is 4.31 Å². The first kappa shape index (κ1) is 21.5. The highest BCUT2D eigenvalue weighted by Crippen LogP contribution is 2.25. The van der Waals surface area contributed by atoms with Gasteiger partial charge in [0.05, 0.1) is 16.9 Å². The van der Waals surface area contributed by atoms with Crippen molar-refractivity contribution in [3.05, 3.63) is 64.7 Å². The highest BCUT2D eigenvalue weighted by Gasteiger charge is 2.33. The van der Waals surface area contributed by atoms with Crippen LogP contribution < -0.4 is 5.32 Å². The van der Waals surface area contributed by atoms with Crippen LogP contribution in [0, 0.1) is 26.7 Å². The van der Waals surface area contributed by atoms with Crippen LogP contribution in [-0.2, 0) is 14.8 Å². The van der Waals surface area contributed by atoms with E-state index in [9.17, 15) is 13.2 Å². The fourth-order valence-electron chi connectivity index (χ4n) is 3.87. The number of sulfonamides is 1. The van der Waals surface area contributed by atoms with Crippen molar-refractivity contribution in [2.75, 3.05) is 13.1 Å². The summed E-state index contributed by atoms with van der Waals surface area (Å²) < 4.78 is 27.4. The van der Waals surface area contributed by atoms with Gasteiger partial charge >= 0.3 is 0 Å². The van der Waals surface area contributed by atoms with Crippen molar-refractivity contribution in [1.82, 2.24) is 9.62 Å². The summed E-state index contributed by atoms with van der Waals surface area (Å²) in [7, 11) is -3.58. The lowest BCUT2D eigenvalue weighted by atomic mass is 9.96. The van der Waals surface area contributed by atoms with Gasteiger partial charge in [0.15, 0.2) is 0 Å². The molecule has 1 saturated heterocycles. The van der Waals surface area contributed by atoms with E-state index >= 15 is 0 Å². The first-order valence-electron chi connectivity index (χ1n) is 10.1. The van der Waals surface area contributed by atoms with Gasteiger partial charge in [-0.15, -0.1) is 0 Å². The Bertz CT molecular complexity index is 984. The summed E-state index contributed by atoms with van der Waals surface area (Å²) in [5, 5.41) is 3.09. The number of amides is 1. The van der Waals surface area contributed by atoms with Crippen molar-refractivity contribution >= 4 is 15.9 Å². The normalized spacial score (nSPS) is 19.0. The number of hydrogen-bond acceptors (Lipinski definition) is 3. The molecule has 1 N–H and O–H groups in total. The molecule has 0 saturated carbocycles. The zero-order valence-corrected chi connectivity index (χ0v) is 18.4. The first-order chi connectivity index (χ1) is 13.7. The fourth-order valence-corrected chi connectivity index (χ4v) is 5.39. The number of carbonyl (C=O) groups excluding carboxylic acids is 1. The number of piperidine rings is 1. The van der Waals surface area contributed by atoms with E-state index in [-0.39, 0.29) is 29.3 Å². The second-order valence-electron chi connectivity index (χ2n) is 8.11. The van der Waals surface area contributed by atoms with E-state index in [4.69, 9.17) is 0 Å². The molecule has 1 fully saturated rings. The Morgan fingerprint density at radius 2 is 1.72 bits per heavy atom. The maximum absolute atomic E-state index is 13.0. The molecular formula is C23H30N2O3S. The van der Waals surface area contributed by atoms with Gasteiger partial charge in [-0.1, -0.05) is 41.5 Å². The molecular weight excluding hydrogens is 384 g/mol. The Hall–Kier alpha value is -2.18. The molecule has 1 amide bonds. The predicted octanol–water partition coefficient (Wildman–Crippen LogP) is 3.89. The van der Waals surface area contributed by atoms with Crippen LogP contribution >= 0.6 is 0 Å². The summed E-state index contributed by atoms with van der Waals surface area (Å²) in [6.45, 7) is 8.65. The summed E-state index contributed by atoms with van der Waals surface area (Å²) >= 11 is 0. The Labute approximate surface area is 174 Å². The van der Waals surface area contributed by atoms with Crippen LogP contribution in [0.1, 0.15) is 48.1 Å². The highest BCUT2D eigenvalue weighted by molar-refractivity contribution is 7.89. The van der Waals surface area contributed by atoms with Gasteiger partial charge in [0.25, 0.3) is 0 Å². The van der Waals surface area contributed by atoms with Gasteiger partial charge in [-0.2, -0.15) is 4.31 Å². The fraction of sp³-hybridized carbons (Fsp3) is 0.435. The van der Waals surface area contributed by atoms with Crippen LogP contribution in [0.2, 0.25) is 0 Å². The summed E-state index contributed by atoms with van der Waals surface area (Å²) in [5.74, 6) is -0.418. The molecule has 156 valence electrons. The second-order valence-corrected chi connectivity index (χ2v) is 10.0. The van der Waals surface area contributed by atoms with Gasteiger partial charge in [0.2, 0.25) is 15.9 Å². The minimum Gasteiger partial charge on any atom is -0.349 e. The average Bonchev–Trinajstić information content (AvgIpc) is 2.70. The smallest absolute Gasteiger partial charge is 0.243 e. The van der Waals surface area contributed by atoms with E-state index in [1.807, 2.05) is 27.7 Å². The predicted molar refractivity (Wildman–Crippen MR) is 115 cm³/mol. The monoisotopic (exact) mass is 414 g/mol. The molecule has 0 unspecified atom stereocenters. The third kappa shape index (κ3) is 4.87. The number of benzene rings is 2. The number of carbonyl (C=O) groups is 1. The number of hydrogen-bond donors (Lipinski definition) is 1. The number of nitrogens with zero attached hydrogens (tertiary/aromatic N) is 1. The van der Waals surface area contributed by atoms with E-state index in [0.717, 1.165) is 22.3 Å². The molecule has 0 spiro atoms. The summed E-state index contributed by atoms with van der Waals surface area (Å²) in [6.07, 6.45) is 1.38. The van der Waals surface area contributed by atoms with E-state index < -0.39 is 10.0 Å². The lowest BCUT2D eigenvalue weighted by Crippen LogP contribution is -2.45. The molecule has 0 bridgehead atoms. The SMILES string of the molecule is Cc1ccc(S(=O)(=O)N2CCC[C@H](C(=O)N[C@H](C)c3cc(C)ccc3C)C2)cc1. The van der Waals surface area contributed by atoms with Crippen LogP contribution in [0.15, 0.2) is 47.4 Å². The average molecular weight is 415 g/mol. The van der Waals surface area contributed by atoms with E-state index in [1.54, 1.807) is 24.3 Å². The summed E-state index contributed by atoms with van der Waals surface area (Å²) in [6, 6.07) is 13.0. The maximum atomic E-state index is 13.0. The van der Waals surface area contributed by atoms with Crippen molar-refractivity contribution in [1.29, 1.82) is 0 Å². The molecule has 1 heterocycles. The molecule has 0 radical (unpaired) electrons.